The normalized spacial score (nSPS) is 12.8. The lowest BCUT2D eigenvalue weighted by Gasteiger charge is -2.14. The molecule has 2 N–H and O–H groups in total. The molecule has 0 amide bonds. The maximum Gasteiger partial charge on any atom is 0.115 e. The topological polar surface area (TPSA) is 32.3 Å². The van der Waals surface area contributed by atoms with Crippen molar-refractivity contribution in [3.63, 3.8) is 0 Å². The van der Waals surface area contributed by atoms with Crippen LogP contribution in [0, 0.1) is 0 Å². The van der Waals surface area contributed by atoms with E-state index in [0.717, 1.165) is 18.4 Å². The Labute approximate surface area is 84.5 Å². The van der Waals surface area contributed by atoms with E-state index in [-0.39, 0.29) is 6.04 Å². The Bertz CT molecular complexity index is 248. The van der Waals surface area contributed by atoms with E-state index in [2.05, 4.69) is 24.5 Å². The maximum atomic E-state index is 9.10. The first-order valence-corrected chi connectivity index (χ1v) is 4.91. The summed E-state index contributed by atoms with van der Waals surface area (Å²) in [6.45, 7) is 2.14. The molecule has 72 valence electrons. The van der Waals surface area contributed by atoms with Gasteiger partial charge in [-0.1, -0.05) is 38.3 Å². The number of thiol groups is 1. The van der Waals surface area contributed by atoms with E-state index in [9.17, 15) is 0 Å². The van der Waals surface area contributed by atoms with Gasteiger partial charge in [0, 0.05) is 6.04 Å². The van der Waals surface area contributed by atoms with Crippen LogP contribution in [0.4, 0.5) is 0 Å². The molecule has 0 aromatic heterocycles. The fourth-order valence-electron chi connectivity index (χ4n) is 1.30. The first-order chi connectivity index (χ1) is 6.27. The molecule has 0 bridgehead atoms. The standard InChI is InChI=1S/C10H15NOS/c1-2-3-10(11-13)8-4-6-9(12)7-5-8/h4-7,10-13H,2-3H2,1H3. The van der Waals surface area contributed by atoms with E-state index in [0.29, 0.717) is 5.75 Å². The molecule has 3 heteroatoms. The number of rotatable bonds is 4. The summed E-state index contributed by atoms with van der Waals surface area (Å²) in [6, 6.07) is 7.50. The highest BCUT2D eigenvalue weighted by Gasteiger charge is 2.07. The molecule has 1 rings (SSSR count). The molecule has 1 atom stereocenters. The summed E-state index contributed by atoms with van der Waals surface area (Å²) in [5, 5.41) is 9.10. The Hall–Kier alpha value is -0.670. The third-order valence-electron chi connectivity index (χ3n) is 2.03. The lowest BCUT2D eigenvalue weighted by Crippen LogP contribution is -2.10. The fraction of sp³-hybridized carbons (Fsp3) is 0.400. The molecule has 0 radical (unpaired) electrons. The summed E-state index contributed by atoms with van der Waals surface area (Å²) in [7, 11) is 0. The SMILES string of the molecule is CCCC(NS)c1ccc(O)cc1. The van der Waals surface area contributed by atoms with Gasteiger partial charge in [-0.25, -0.2) is 0 Å². The van der Waals surface area contributed by atoms with Crippen LogP contribution < -0.4 is 4.72 Å². The first kappa shape index (κ1) is 10.4. The van der Waals surface area contributed by atoms with Gasteiger partial charge in [-0.2, -0.15) is 0 Å². The second-order valence-electron chi connectivity index (χ2n) is 3.06. The molecule has 0 heterocycles. The fourth-order valence-corrected chi connectivity index (χ4v) is 1.58. The highest BCUT2D eigenvalue weighted by molar-refractivity contribution is 7.78. The van der Waals surface area contributed by atoms with Crippen molar-refractivity contribution in [1.29, 1.82) is 0 Å². The smallest absolute Gasteiger partial charge is 0.115 e. The summed E-state index contributed by atoms with van der Waals surface area (Å²) in [6.07, 6.45) is 2.16. The molecular weight excluding hydrogens is 182 g/mol. The van der Waals surface area contributed by atoms with Gasteiger partial charge in [0.25, 0.3) is 0 Å². The van der Waals surface area contributed by atoms with E-state index in [1.54, 1.807) is 12.1 Å². The van der Waals surface area contributed by atoms with E-state index in [4.69, 9.17) is 5.11 Å². The number of aromatic hydroxyl groups is 1. The van der Waals surface area contributed by atoms with Crippen molar-refractivity contribution in [3.05, 3.63) is 29.8 Å². The number of hydrogen-bond donors (Lipinski definition) is 3. The van der Waals surface area contributed by atoms with Crippen molar-refractivity contribution < 1.29 is 5.11 Å². The van der Waals surface area contributed by atoms with Gasteiger partial charge >= 0.3 is 0 Å². The van der Waals surface area contributed by atoms with Crippen molar-refractivity contribution in [2.24, 2.45) is 0 Å². The third kappa shape index (κ3) is 2.94. The third-order valence-corrected chi connectivity index (χ3v) is 2.34. The minimum Gasteiger partial charge on any atom is -0.508 e. The zero-order valence-electron chi connectivity index (χ0n) is 7.70. The van der Waals surface area contributed by atoms with E-state index in [1.165, 1.54) is 0 Å². The van der Waals surface area contributed by atoms with Crippen LogP contribution in [0.15, 0.2) is 24.3 Å². The van der Waals surface area contributed by atoms with Gasteiger partial charge in [-0.15, -0.1) is 0 Å². The molecule has 1 aromatic carbocycles. The van der Waals surface area contributed by atoms with Gasteiger partial charge in [-0.3, -0.25) is 4.72 Å². The van der Waals surface area contributed by atoms with Crippen LogP contribution >= 0.6 is 12.8 Å². The van der Waals surface area contributed by atoms with Gasteiger partial charge in [0.1, 0.15) is 5.75 Å². The van der Waals surface area contributed by atoms with Crippen LogP contribution in [-0.2, 0) is 0 Å². The van der Waals surface area contributed by atoms with Gasteiger partial charge < -0.3 is 5.11 Å². The summed E-state index contributed by atoms with van der Waals surface area (Å²) < 4.78 is 2.95. The molecule has 1 aromatic rings. The molecule has 1 unspecified atom stereocenters. The molecule has 0 spiro atoms. The van der Waals surface area contributed by atoms with Crippen LogP contribution in [0.1, 0.15) is 31.4 Å². The molecule has 0 saturated heterocycles. The highest BCUT2D eigenvalue weighted by atomic mass is 32.1. The summed E-state index contributed by atoms with van der Waals surface area (Å²) in [4.78, 5) is 0. The quantitative estimate of drug-likeness (QED) is 0.648. The largest absolute Gasteiger partial charge is 0.508 e. The zero-order chi connectivity index (χ0) is 9.68. The average Bonchev–Trinajstić information content (AvgIpc) is 2.16. The molecule has 0 aliphatic carbocycles. The molecule has 0 fully saturated rings. The minimum atomic E-state index is 0.272. The Morgan fingerprint density at radius 3 is 2.46 bits per heavy atom. The number of hydrogen-bond acceptors (Lipinski definition) is 3. The van der Waals surface area contributed by atoms with Crippen LogP contribution in [0.3, 0.4) is 0 Å². The van der Waals surface area contributed by atoms with E-state index in [1.807, 2.05) is 12.1 Å². The lowest BCUT2D eigenvalue weighted by atomic mass is 10.0. The predicted octanol–water partition coefficient (Wildman–Crippen LogP) is 2.67. The lowest BCUT2D eigenvalue weighted by molar-refractivity contribution is 0.474. The van der Waals surface area contributed by atoms with Crippen molar-refractivity contribution in [1.82, 2.24) is 4.72 Å². The summed E-state index contributed by atoms with van der Waals surface area (Å²) >= 11 is 4.07. The predicted molar refractivity (Wildman–Crippen MR) is 57.9 cm³/mol. The van der Waals surface area contributed by atoms with Crippen LogP contribution in [0.2, 0.25) is 0 Å². The monoisotopic (exact) mass is 197 g/mol. The molecular formula is C10H15NOS. The Morgan fingerprint density at radius 1 is 1.38 bits per heavy atom. The Balaban J connectivity index is 2.73. The molecule has 0 saturated carbocycles. The van der Waals surface area contributed by atoms with Crippen LogP contribution in [-0.4, -0.2) is 5.11 Å². The van der Waals surface area contributed by atoms with Crippen molar-refractivity contribution in [2.45, 2.75) is 25.8 Å². The number of phenols is 1. The van der Waals surface area contributed by atoms with Gasteiger partial charge in [-0.05, 0) is 24.1 Å². The number of nitrogens with one attached hydrogen (secondary N) is 1. The van der Waals surface area contributed by atoms with Gasteiger partial charge in [0.05, 0.1) is 0 Å². The Morgan fingerprint density at radius 2 is 2.00 bits per heavy atom. The zero-order valence-corrected chi connectivity index (χ0v) is 8.59. The van der Waals surface area contributed by atoms with Crippen LogP contribution in [0.25, 0.3) is 0 Å². The highest BCUT2D eigenvalue weighted by Crippen LogP contribution is 2.20. The summed E-state index contributed by atoms with van der Waals surface area (Å²) in [5.74, 6) is 0.304. The number of phenolic OH excluding ortho intramolecular Hbond substituents is 1. The minimum absolute atomic E-state index is 0.272. The van der Waals surface area contributed by atoms with E-state index >= 15 is 0 Å². The maximum absolute atomic E-state index is 9.10. The van der Waals surface area contributed by atoms with Crippen LogP contribution in [0.5, 0.6) is 5.75 Å². The summed E-state index contributed by atoms with van der Waals surface area (Å²) in [5.41, 5.74) is 1.16. The Kier molecular flexibility index (Phi) is 4.12. The van der Waals surface area contributed by atoms with Crippen molar-refractivity contribution in [2.75, 3.05) is 0 Å². The molecule has 2 nitrogen and oxygen atoms in total. The second kappa shape index (κ2) is 5.14. The number of benzene rings is 1. The first-order valence-electron chi connectivity index (χ1n) is 4.46. The molecule has 0 aliphatic heterocycles. The molecule has 13 heavy (non-hydrogen) atoms. The van der Waals surface area contributed by atoms with Gasteiger partial charge in [0.2, 0.25) is 0 Å². The van der Waals surface area contributed by atoms with Gasteiger partial charge in [0.15, 0.2) is 0 Å². The van der Waals surface area contributed by atoms with E-state index < -0.39 is 0 Å². The van der Waals surface area contributed by atoms with Crippen molar-refractivity contribution in [3.8, 4) is 5.75 Å². The second-order valence-corrected chi connectivity index (χ2v) is 3.32. The molecule has 0 aliphatic rings. The van der Waals surface area contributed by atoms with Crippen molar-refractivity contribution >= 4 is 12.8 Å². The average molecular weight is 197 g/mol.